The van der Waals surface area contributed by atoms with Crippen LogP contribution >= 0.6 is 0 Å². The lowest BCUT2D eigenvalue weighted by atomic mass is 10.2. The molecule has 0 aliphatic carbocycles. The normalized spacial score (nSPS) is 11.4. The van der Waals surface area contributed by atoms with Gasteiger partial charge in [0.05, 0.1) is 16.8 Å². The molecular weight excluding hydrogens is 420 g/mol. The van der Waals surface area contributed by atoms with Crippen LogP contribution in [0.2, 0.25) is 0 Å². The Balaban J connectivity index is 1.64. The molecule has 0 unspecified atom stereocenters. The van der Waals surface area contributed by atoms with E-state index in [1.807, 2.05) is 13.8 Å². The van der Waals surface area contributed by atoms with Crippen molar-refractivity contribution in [3.05, 3.63) is 71.8 Å². The summed E-state index contributed by atoms with van der Waals surface area (Å²) in [6.07, 6.45) is 3.28. The Morgan fingerprint density at radius 2 is 1.71 bits per heavy atom. The van der Waals surface area contributed by atoms with Crippen molar-refractivity contribution in [1.29, 1.82) is 0 Å². The van der Waals surface area contributed by atoms with Crippen LogP contribution in [0.3, 0.4) is 0 Å². The first kappa shape index (κ1) is 22.1. The van der Waals surface area contributed by atoms with Gasteiger partial charge in [-0.15, -0.1) is 0 Å². The van der Waals surface area contributed by atoms with Gasteiger partial charge in [0.1, 0.15) is 11.4 Å². The van der Waals surface area contributed by atoms with Crippen molar-refractivity contribution < 1.29 is 18.0 Å². The lowest BCUT2D eigenvalue weighted by Crippen LogP contribution is -2.31. The third-order valence-electron chi connectivity index (χ3n) is 4.15. The van der Waals surface area contributed by atoms with Crippen molar-refractivity contribution in [3.63, 3.8) is 0 Å². The van der Waals surface area contributed by atoms with Crippen molar-refractivity contribution in [2.75, 3.05) is 0 Å². The van der Waals surface area contributed by atoms with E-state index in [0.717, 1.165) is 5.56 Å². The van der Waals surface area contributed by atoms with Crippen molar-refractivity contribution in [2.45, 2.75) is 31.3 Å². The standard InChI is InChI=1S/C20H22N6O4S/c1-13(2)24-20(28)18-5-3-4-17(25-18)19(27)22-10-14-11-23-26(12-14)15-6-8-16(9-7-15)31(21,29)30/h3-9,11-13H,10H2,1-2H3,(H,22,27)(H,24,28)(H2,21,29,30). The second kappa shape index (κ2) is 9.06. The molecule has 0 aliphatic heterocycles. The van der Waals surface area contributed by atoms with Gasteiger partial charge in [-0.2, -0.15) is 5.10 Å². The largest absolute Gasteiger partial charge is 0.349 e. The van der Waals surface area contributed by atoms with Crippen LogP contribution in [-0.2, 0) is 16.6 Å². The SMILES string of the molecule is CC(C)NC(=O)c1cccc(C(=O)NCc2cnn(-c3ccc(S(N)(=O)=O)cc3)c2)n1. The fourth-order valence-electron chi connectivity index (χ4n) is 2.68. The quantitative estimate of drug-likeness (QED) is 0.497. The smallest absolute Gasteiger partial charge is 0.270 e. The Morgan fingerprint density at radius 1 is 1.06 bits per heavy atom. The molecule has 0 fully saturated rings. The van der Waals surface area contributed by atoms with Crippen LogP contribution in [-0.4, -0.2) is 41.0 Å². The molecule has 4 N–H and O–H groups in total. The molecule has 1 aromatic carbocycles. The molecule has 3 aromatic rings. The maximum atomic E-state index is 12.4. The molecule has 0 saturated heterocycles. The van der Waals surface area contributed by atoms with Crippen LogP contribution in [0.15, 0.2) is 59.8 Å². The highest BCUT2D eigenvalue weighted by atomic mass is 32.2. The monoisotopic (exact) mass is 442 g/mol. The molecule has 31 heavy (non-hydrogen) atoms. The number of aromatic nitrogens is 3. The van der Waals surface area contributed by atoms with Crippen LogP contribution in [0.1, 0.15) is 40.4 Å². The first-order valence-electron chi connectivity index (χ1n) is 9.36. The van der Waals surface area contributed by atoms with E-state index in [0.29, 0.717) is 5.69 Å². The number of carbonyl (C=O) groups excluding carboxylic acids is 2. The van der Waals surface area contributed by atoms with Gasteiger partial charge in [-0.25, -0.2) is 23.2 Å². The van der Waals surface area contributed by atoms with E-state index >= 15 is 0 Å². The fourth-order valence-corrected chi connectivity index (χ4v) is 3.19. The third-order valence-corrected chi connectivity index (χ3v) is 5.08. The predicted molar refractivity (Wildman–Crippen MR) is 113 cm³/mol. The van der Waals surface area contributed by atoms with E-state index in [1.165, 1.54) is 18.2 Å². The first-order chi connectivity index (χ1) is 14.6. The molecule has 2 amide bonds. The zero-order chi connectivity index (χ0) is 22.6. The summed E-state index contributed by atoms with van der Waals surface area (Å²) in [5.74, 6) is -0.774. The van der Waals surface area contributed by atoms with Gasteiger partial charge in [0.25, 0.3) is 11.8 Å². The Labute approximate surface area is 179 Å². The number of rotatable bonds is 7. The van der Waals surface area contributed by atoms with E-state index in [2.05, 4.69) is 20.7 Å². The first-order valence-corrected chi connectivity index (χ1v) is 10.9. The van der Waals surface area contributed by atoms with E-state index in [4.69, 9.17) is 5.14 Å². The number of carbonyl (C=O) groups is 2. The van der Waals surface area contributed by atoms with Gasteiger partial charge in [-0.05, 0) is 50.2 Å². The Hall–Kier alpha value is -3.57. The van der Waals surface area contributed by atoms with Gasteiger partial charge in [-0.1, -0.05) is 6.07 Å². The predicted octanol–water partition coefficient (Wildman–Crippen LogP) is 0.983. The summed E-state index contributed by atoms with van der Waals surface area (Å²) in [6.45, 7) is 3.87. The van der Waals surface area contributed by atoms with Crippen LogP contribution in [0.5, 0.6) is 0 Å². The maximum Gasteiger partial charge on any atom is 0.270 e. The molecule has 0 bridgehead atoms. The number of nitrogens with zero attached hydrogens (tertiary/aromatic N) is 3. The van der Waals surface area contributed by atoms with Gasteiger partial charge in [0.15, 0.2) is 0 Å². The van der Waals surface area contributed by atoms with E-state index in [-0.39, 0.29) is 34.8 Å². The van der Waals surface area contributed by atoms with Crippen molar-refractivity contribution >= 4 is 21.8 Å². The average molecular weight is 443 g/mol. The number of hydrogen-bond acceptors (Lipinski definition) is 6. The highest BCUT2D eigenvalue weighted by Crippen LogP contribution is 2.13. The highest BCUT2D eigenvalue weighted by Gasteiger charge is 2.13. The minimum atomic E-state index is -3.76. The lowest BCUT2D eigenvalue weighted by Gasteiger charge is -2.08. The second-order valence-electron chi connectivity index (χ2n) is 7.05. The summed E-state index contributed by atoms with van der Waals surface area (Å²) in [6, 6.07) is 10.6. The summed E-state index contributed by atoms with van der Waals surface area (Å²) >= 11 is 0. The lowest BCUT2D eigenvalue weighted by molar-refractivity contribution is 0.0936. The number of sulfonamides is 1. The highest BCUT2D eigenvalue weighted by molar-refractivity contribution is 7.89. The number of nitrogens with one attached hydrogen (secondary N) is 2. The Morgan fingerprint density at radius 3 is 2.32 bits per heavy atom. The van der Waals surface area contributed by atoms with Crippen LogP contribution in [0.4, 0.5) is 0 Å². The zero-order valence-corrected chi connectivity index (χ0v) is 17.8. The number of hydrogen-bond donors (Lipinski definition) is 3. The Kier molecular flexibility index (Phi) is 6.47. The molecule has 0 spiro atoms. The molecule has 3 rings (SSSR count). The number of nitrogens with two attached hydrogens (primary N) is 1. The minimum Gasteiger partial charge on any atom is -0.349 e. The van der Waals surface area contributed by atoms with Crippen LogP contribution in [0.25, 0.3) is 5.69 Å². The van der Waals surface area contributed by atoms with E-state index in [1.54, 1.807) is 41.3 Å². The zero-order valence-electron chi connectivity index (χ0n) is 16.9. The molecule has 0 radical (unpaired) electrons. The fraction of sp³-hybridized carbons (Fsp3) is 0.200. The molecule has 0 saturated carbocycles. The molecule has 162 valence electrons. The molecule has 0 atom stereocenters. The van der Waals surface area contributed by atoms with Crippen molar-refractivity contribution in [2.24, 2.45) is 5.14 Å². The van der Waals surface area contributed by atoms with Crippen molar-refractivity contribution in [3.8, 4) is 5.69 Å². The molecule has 11 heteroatoms. The second-order valence-corrected chi connectivity index (χ2v) is 8.61. The molecular formula is C20H22N6O4S. The van der Waals surface area contributed by atoms with Gasteiger partial charge in [0.2, 0.25) is 10.0 Å². The molecule has 2 heterocycles. The minimum absolute atomic E-state index is 0.00713. The van der Waals surface area contributed by atoms with Gasteiger partial charge < -0.3 is 10.6 Å². The molecule has 10 nitrogen and oxygen atoms in total. The Bertz CT molecular complexity index is 1200. The summed E-state index contributed by atoms with van der Waals surface area (Å²) < 4.78 is 24.2. The molecule has 2 aromatic heterocycles. The van der Waals surface area contributed by atoms with Gasteiger partial charge in [-0.3, -0.25) is 9.59 Å². The van der Waals surface area contributed by atoms with E-state index in [9.17, 15) is 18.0 Å². The van der Waals surface area contributed by atoms with Crippen LogP contribution in [0, 0.1) is 0 Å². The molecule has 0 aliphatic rings. The number of benzene rings is 1. The summed E-state index contributed by atoms with van der Waals surface area (Å²) in [4.78, 5) is 28.6. The maximum absolute atomic E-state index is 12.4. The number of primary sulfonamides is 1. The van der Waals surface area contributed by atoms with Crippen molar-refractivity contribution in [1.82, 2.24) is 25.4 Å². The van der Waals surface area contributed by atoms with Gasteiger partial charge in [0, 0.05) is 24.3 Å². The van der Waals surface area contributed by atoms with Gasteiger partial charge >= 0.3 is 0 Å². The third kappa shape index (κ3) is 5.74. The number of pyridine rings is 1. The van der Waals surface area contributed by atoms with E-state index < -0.39 is 15.9 Å². The van der Waals surface area contributed by atoms with Crippen LogP contribution < -0.4 is 15.8 Å². The topological polar surface area (TPSA) is 149 Å². The summed E-state index contributed by atoms with van der Waals surface area (Å²) in [5, 5.41) is 14.8. The number of amides is 2. The average Bonchev–Trinajstić information content (AvgIpc) is 3.20. The summed E-state index contributed by atoms with van der Waals surface area (Å²) in [7, 11) is -3.76. The summed E-state index contributed by atoms with van der Waals surface area (Å²) in [5.41, 5.74) is 1.65.